The van der Waals surface area contributed by atoms with Crippen LogP contribution < -0.4 is 5.73 Å². The number of nitrogens with zero attached hydrogens (tertiary/aromatic N) is 1. The molecule has 4 nitrogen and oxygen atoms in total. The van der Waals surface area contributed by atoms with Gasteiger partial charge in [0, 0.05) is 17.6 Å². The zero-order chi connectivity index (χ0) is 15.6. The van der Waals surface area contributed by atoms with Crippen molar-refractivity contribution in [3.8, 4) is 5.75 Å². The lowest BCUT2D eigenvalue weighted by Crippen LogP contribution is -2.50. The van der Waals surface area contributed by atoms with E-state index in [-0.39, 0.29) is 16.4 Å². The minimum Gasteiger partial charge on any atom is -0.507 e. The summed E-state index contributed by atoms with van der Waals surface area (Å²) in [5.41, 5.74) is 6.17. The van der Waals surface area contributed by atoms with Gasteiger partial charge in [0.1, 0.15) is 5.75 Å². The summed E-state index contributed by atoms with van der Waals surface area (Å²) >= 11 is 10.1. The molecule has 1 aliphatic heterocycles. The van der Waals surface area contributed by atoms with E-state index in [0.717, 1.165) is 17.3 Å². The van der Waals surface area contributed by atoms with Gasteiger partial charge in [-0.15, -0.1) is 0 Å². The van der Waals surface area contributed by atoms with Crippen LogP contribution >= 0.6 is 39.9 Å². The summed E-state index contributed by atoms with van der Waals surface area (Å²) in [7, 11) is 0. The molecule has 1 aromatic rings. The Morgan fingerprint density at radius 2 is 2.10 bits per heavy atom. The largest absolute Gasteiger partial charge is 0.507 e. The fourth-order valence-electron chi connectivity index (χ4n) is 2.47. The van der Waals surface area contributed by atoms with Gasteiger partial charge in [-0.05, 0) is 37.3 Å². The molecule has 1 fully saturated rings. The smallest absolute Gasteiger partial charge is 0.257 e. The number of halogens is 1. The van der Waals surface area contributed by atoms with Gasteiger partial charge in [-0.3, -0.25) is 4.79 Å². The molecule has 1 amide bonds. The highest BCUT2D eigenvalue weighted by molar-refractivity contribution is 9.10. The maximum absolute atomic E-state index is 12.5. The third kappa shape index (κ3) is 3.35. The third-order valence-electron chi connectivity index (χ3n) is 3.89. The Hall–Kier alpha value is -0.790. The van der Waals surface area contributed by atoms with Crippen molar-refractivity contribution in [3.05, 3.63) is 28.2 Å². The van der Waals surface area contributed by atoms with E-state index in [1.807, 2.05) is 6.26 Å². The Balaban J connectivity index is 2.13. The molecular weight excluding hydrogens is 372 g/mol. The average molecular weight is 389 g/mol. The maximum Gasteiger partial charge on any atom is 0.257 e. The topological polar surface area (TPSA) is 66.6 Å². The van der Waals surface area contributed by atoms with Crippen molar-refractivity contribution in [3.63, 3.8) is 0 Å². The van der Waals surface area contributed by atoms with Crippen LogP contribution in [0.15, 0.2) is 22.7 Å². The highest BCUT2D eigenvalue weighted by Gasteiger charge is 2.38. The first kappa shape index (κ1) is 16.6. The predicted octanol–water partition coefficient (Wildman–Crippen LogP) is 2.78. The number of hydrogen-bond donors (Lipinski definition) is 2. The number of rotatable bonds is 3. The van der Waals surface area contributed by atoms with Crippen molar-refractivity contribution >= 4 is 50.8 Å². The van der Waals surface area contributed by atoms with E-state index in [1.54, 1.807) is 28.8 Å². The molecule has 2 rings (SSSR count). The van der Waals surface area contributed by atoms with E-state index in [2.05, 4.69) is 15.9 Å². The lowest BCUT2D eigenvalue weighted by Gasteiger charge is -2.40. The van der Waals surface area contributed by atoms with Crippen molar-refractivity contribution < 1.29 is 9.90 Å². The van der Waals surface area contributed by atoms with Gasteiger partial charge in [0.15, 0.2) is 0 Å². The Kier molecular flexibility index (Phi) is 5.16. The first-order chi connectivity index (χ1) is 9.89. The number of carbonyl (C=O) groups is 1. The molecule has 0 spiro atoms. The van der Waals surface area contributed by atoms with E-state index in [1.165, 1.54) is 6.07 Å². The van der Waals surface area contributed by atoms with Crippen LogP contribution in [-0.4, -0.2) is 45.0 Å². The number of benzene rings is 1. The summed E-state index contributed by atoms with van der Waals surface area (Å²) in [5.74, 6) is -0.161. The van der Waals surface area contributed by atoms with Gasteiger partial charge >= 0.3 is 0 Å². The fourth-order valence-corrected chi connectivity index (χ4v) is 4.08. The second kappa shape index (κ2) is 6.54. The summed E-state index contributed by atoms with van der Waals surface area (Å²) in [4.78, 5) is 14.8. The first-order valence-electron chi connectivity index (χ1n) is 6.52. The molecule has 1 aliphatic rings. The second-order valence-corrected chi connectivity index (χ2v) is 7.56. The van der Waals surface area contributed by atoms with Crippen LogP contribution in [0.25, 0.3) is 0 Å². The lowest BCUT2D eigenvalue weighted by atomic mass is 9.95. The van der Waals surface area contributed by atoms with Gasteiger partial charge in [-0.1, -0.05) is 28.1 Å². The number of carbonyl (C=O) groups excluding carboxylic acids is 1. The molecule has 21 heavy (non-hydrogen) atoms. The quantitative estimate of drug-likeness (QED) is 0.779. The summed E-state index contributed by atoms with van der Waals surface area (Å²) in [6.45, 7) is 1.17. The molecule has 0 aromatic heterocycles. The van der Waals surface area contributed by atoms with E-state index in [4.69, 9.17) is 18.0 Å². The lowest BCUT2D eigenvalue weighted by molar-refractivity contribution is 0.0716. The number of thioether (sulfide) groups is 1. The van der Waals surface area contributed by atoms with Crippen molar-refractivity contribution in [2.45, 2.75) is 17.6 Å². The molecule has 0 saturated carbocycles. The number of likely N-dealkylation sites (tertiary alicyclic amines) is 1. The number of piperidine rings is 1. The van der Waals surface area contributed by atoms with Crippen LogP contribution in [0.1, 0.15) is 23.2 Å². The minimum atomic E-state index is -0.217. The summed E-state index contributed by atoms with van der Waals surface area (Å²) in [6, 6.07) is 4.86. The number of phenols is 1. The zero-order valence-electron chi connectivity index (χ0n) is 11.6. The van der Waals surface area contributed by atoms with Crippen LogP contribution in [-0.2, 0) is 0 Å². The Labute approximate surface area is 142 Å². The highest BCUT2D eigenvalue weighted by atomic mass is 79.9. The fraction of sp³-hybridized carbons (Fsp3) is 0.429. The molecule has 0 aliphatic carbocycles. The molecule has 0 bridgehead atoms. The van der Waals surface area contributed by atoms with Gasteiger partial charge in [0.05, 0.1) is 15.3 Å². The molecule has 1 saturated heterocycles. The number of phenolic OH excluding ortho intramolecular Hbond substituents is 1. The van der Waals surface area contributed by atoms with Gasteiger partial charge in [-0.25, -0.2) is 0 Å². The molecule has 0 atom stereocenters. The minimum absolute atomic E-state index is 0.000695. The van der Waals surface area contributed by atoms with Crippen molar-refractivity contribution in [1.82, 2.24) is 4.90 Å². The monoisotopic (exact) mass is 388 g/mol. The van der Waals surface area contributed by atoms with Crippen LogP contribution in [0.3, 0.4) is 0 Å². The number of nitrogens with two attached hydrogens (primary N) is 1. The maximum atomic E-state index is 12.5. The Morgan fingerprint density at radius 3 is 2.62 bits per heavy atom. The summed E-state index contributed by atoms with van der Waals surface area (Å²) in [5, 5.41) is 9.86. The number of thiocarbonyl (C=S) groups is 1. The molecule has 1 heterocycles. The zero-order valence-corrected chi connectivity index (χ0v) is 14.9. The van der Waals surface area contributed by atoms with E-state index < -0.39 is 0 Å². The van der Waals surface area contributed by atoms with Crippen LogP contribution in [0.5, 0.6) is 5.75 Å². The van der Waals surface area contributed by atoms with Crippen LogP contribution in [0.4, 0.5) is 0 Å². The summed E-state index contributed by atoms with van der Waals surface area (Å²) < 4.78 is 0.549. The van der Waals surface area contributed by atoms with E-state index in [9.17, 15) is 9.90 Å². The van der Waals surface area contributed by atoms with Gasteiger partial charge in [0.2, 0.25) is 0 Å². The van der Waals surface area contributed by atoms with E-state index >= 15 is 0 Å². The molecule has 3 N–H and O–H groups in total. The van der Waals surface area contributed by atoms with E-state index in [0.29, 0.717) is 23.6 Å². The average Bonchev–Trinajstić information content (AvgIpc) is 2.49. The van der Waals surface area contributed by atoms with Crippen LogP contribution in [0, 0.1) is 0 Å². The molecule has 7 heteroatoms. The molecular formula is C14H17BrN2O2S2. The highest BCUT2D eigenvalue weighted by Crippen LogP contribution is 2.35. The molecule has 1 aromatic carbocycles. The molecule has 114 valence electrons. The molecule has 0 radical (unpaired) electrons. The van der Waals surface area contributed by atoms with Crippen molar-refractivity contribution in [1.29, 1.82) is 0 Å². The van der Waals surface area contributed by atoms with Gasteiger partial charge in [-0.2, -0.15) is 11.8 Å². The molecule has 0 unspecified atom stereocenters. The predicted molar refractivity (Wildman–Crippen MR) is 94.0 cm³/mol. The number of amides is 1. The van der Waals surface area contributed by atoms with Crippen LogP contribution in [0.2, 0.25) is 0 Å². The summed E-state index contributed by atoms with van der Waals surface area (Å²) in [6.07, 6.45) is 3.48. The Morgan fingerprint density at radius 1 is 1.48 bits per heavy atom. The first-order valence-corrected chi connectivity index (χ1v) is 8.95. The number of hydrogen-bond acceptors (Lipinski definition) is 4. The second-order valence-electron chi connectivity index (χ2n) is 5.02. The standard InChI is InChI=1S/C14H17BrN2O2S2/c1-21-14(13(16)20)4-6-17(7-5-14)12(19)10-8-9(15)2-3-11(10)18/h2-3,8,18H,4-7H2,1H3,(H2,16,20). The third-order valence-corrected chi connectivity index (χ3v) is 6.31. The normalized spacial score (nSPS) is 17.5. The van der Waals surface area contributed by atoms with Gasteiger partial charge < -0.3 is 15.7 Å². The number of aromatic hydroxyl groups is 1. The Bertz CT molecular complexity index is 572. The van der Waals surface area contributed by atoms with Crippen molar-refractivity contribution in [2.24, 2.45) is 5.73 Å². The van der Waals surface area contributed by atoms with Crippen molar-refractivity contribution in [2.75, 3.05) is 19.3 Å². The van der Waals surface area contributed by atoms with Gasteiger partial charge in [0.25, 0.3) is 5.91 Å². The SMILES string of the molecule is CSC1(C(N)=S)CCN(C(=O)c2cc(Br)ccc2O)CC1.